The fourth-order valence-electron chi connectivity index (χ4n) is 3.95. The van der Waals surface area contributed by atoms with Gasteiger partial charge < -0.3 is 4.90 Å². The van der Waals surface area contributed by atoms with Crippen LogP contribution in [0.25, 0.3) is 0 Å². The fraction of sp³-hybridized carbons (Fsp3) is 0.571. The van der Waals surface area contributed by atoms with Gasteiger partial charge in [0.05, 0.1) is 6.20 Å². The summed E-state index contributed by atoms with van der Waals surface area (Å²) in [5.74, 6) is 0. The summed E-state index contributed by atoms with van der Waals surface area (Å²) in [6, 6.07) is 9.80. The van der Waals surface area contributed by atoms with E-state index in [0.29, 0.717) is 6.04 Å². The molecule has 1 aliphatic heterocycles. The first-order valence-electron chi connectivity index (χ1n) is 9.57. The Balaban J connectivity index is 1.75. The highest BCUT2D eigenvalue weighted by atomic mass is 15.3. The highest BCUT2D eigenvalue weighted by molar-refractivity contribution is 5.26. The van der Waals surface area contributed by atoms with Crippen molar-refractivity contribution < 1.29 is 0 Å². The zero-order chi connectivity index (χ0) is 17.8. The topological polar surface area (TPSA) is 24.3 Å². The van der Waals surface area contributed by atoms with E-state index in [0.717, 1.165) is 19.6 Å². The number of nitrogens with zero attached hydrogens (tertiary/aromatic N) is 4. The lowest BCUT2D eigenvalue weighted by atomic mass is 9.94. The molecule has 1 aliphatic rings. The van der Waals surface area contributed by atoms with Gasteiger partial charge in [-0.1, -0.05) is 30.7 Å². The summed E-state index contributed by atoms with van der Waals surface area (Å²) in [4.78, 5) is 4.87. The molecule has 1 unspecified atom stereocenters. The lowest BCUT2D eigenvalue weighted by Gasteiger charge is -2.36. The monoisotopic (exact) mass is 340 g/mol. The Labute approximate surface area is 152 Å². The van der Waals surface area contributed by atoms with Gasteiger partial charge in [0.1, 0.15) is 0 Å². The highest BCUT2D eigenvalue weighted by Gasteiger charge is 2.25. The van der Waals surface area contributed by atoms with E-state index < -0.39 is 0 Å². The Bertz CT molecular complexity index is 672. The molecule has 25 heavy (non-hydrogen) atoms. The first-order chi connectivity index (χ1) is 12.1. The molecule has 1 aromatic heterocycles. The van der Waals surface area contributed by atoms with E-state index in [9.17, 15) is 0 Å². The minimum atomic E-state index is 0.534. The van der Waals surface area contributed by atoms with Gasteiger partial charge in [0, 0.05) is 36.9 Å². The predicted octanol–water partition coefficient (Wildman–Crippen LogP) is 4.00. The van der Waals surface area contributed by atoms with Crippen molar-refractivity contribution in [3.05, 3.63) is 52.8 Å². The summed E-state index contributed by atoms with van der Waals surface area (Å²) in [5.41, 5.74) is 5.53. The van der Waals surface area contributed by atoms with Crippen LogP contribution in [0, 0.1) is 6.92 Å². The summed E-state index contributed by atoms with van der Waals surface area (Å²) in [6.07, 6.45) is 5.95. The normalized spacial score (nSPS) is 18.8. The van der Waals surface area contributed by atoms with Crippen molar-refractivity contribution in [2.45, 2.75) is 58.8 Å². The lowest BCUT2D eigenvalue weighted by molar-refractivity contribution is 0.140. The third-order valence-electron chi connectivity index (χ3n) is 5.35. The highest BCUT2D eigenvalue weighted by Crippen LogP contribution is 2.32. The largest absolute Gasteiger partial charge is 0.305 e. The van der Waals surface area contributed by atoms with E-state index in [1.54, 1.807) is 0 Å². The SMILES string of the molecule is CCn1ncc(CN2CCCCC2c2ccc(CN(C)C)cc2)c1C. The molecule has 2 aromatic rings. The van der Waals surface area contributed by atoms with Crippen LogP contribution in [0.15, 0.2) is 30.5 Å². The van der Waals surface area contributed by atoms with Gasteiger partial charge in [-0.25, -0.2) is 0 Å². The molecule has 0 aliphatic carbocycles. The number of likely N-dealkylation sites (tertiary alicyclic amines) is 1. The standard InChI is InChI=1S/C21H32N4/c1-5-25-17(2)20(14-22-25)16-24-13-7-6-8-21(24)19-11-9-18(10-12-19)15-23(3)4/h9-12,14,21H,5-8,13,15-16H2,1-4H3. The Morgan fingerprint density at radius 3 is 2.56 bits per heavy atom. The molecule has 0 bridgehead atoms. The van der Waals surface area contributed by atoms with Crippen LogP contribution in [0.3, 0.4) is 0 Å². The Morgan fingerprint density at radius 2 is 1.92 bits per heavy atom. The molecule has 0 radical (unpaired) electrons. The molecular weight excluding hydrogens is 308 g/mol. The molecule has 4 heteroatoms. The minimum Gasteiger partial charge on any atom is -0.305 e. The maximum Gasteiger partial charge on any atom is 0.0537 e. The fourth-order valence-corrected chi connectivity index (χ4v) is 3.95. The molecule has 3 rings (SSSR count). The summed E-state index contributed by atoms with van der Waals surface area (Å²) >= 11 is 0. The van der Waals surface area contributed by atoms with E-state index >= 15 is 0 Å². The third-order valence-corrected chi connectivity index (χ3v) is 5.35. The molecule has 0 N–H and O–H groups in total. The molecule has 1 atom stereocenters. The van der Waals surface area contributed by atoms with Crippen LogP contribution in [0.4, 0.5) is 0 Å². The quantitative estimate of drug-likeness (QED) is 0.794. The summed E-state index contributed by atoms with van der Waals surface area (Å²) in [6.45, 7) is 8.49. The number of piperidine rings is 1. The average Bonchev–Trinajstić information content (AvgIpc) is 2.96. The molecule has 2 heterocycles. The minimum absolute atomic E-state index is 0.534. The van der Waals surface area contributed by atoms with Gasteiger partial charge in [0.25, 0.3) is 0 Å². The summed E-state index contributed by atoms with van der Waals surface area (Å²) in [7, 11) is 4.24. The van der Waals surface area contributed by atoms with Crippen molar-refractivity contribution in [1.29, 1.82) is 0 Å². The van der Waals surface area contributed by atoms with Crippen molar-refractivity contribution in [2.75, 3.05) is 20.6 Å². The second-order valence-corrected chi connectivity index (χ2v) is 7.53. The number of rotatable bonds is 6. The number of aromatic nitrogens is 2. The smallest absolute Gasteiger partial charge is 0.0537 e. The van der Waals surface area contributed by atoms with E-state index in [1.807, 2.05) is 0 Å². The van der Waals surface area contributed by atoms with Crippen molar-refractivity contribution in [3.63, 3.8) is 0 Å². The van der Waals surface area contributed by atoms with E-state index in [1.165, 1.54) is 48.2 Å². The van der Waals surface area contributed by atoms with Crippen LogP contribution in [-0.2, 0) is 19.6 Å². The molecule has 0 saturated carbocycles. The van der Waals surface area contributed by atoms with Gasteiger partial charge >= 0.3 is 0 Å². The number of aryl methyl sites for hydroxylation is 1. The second-order valence-electron chi connectivity index (χ2n) is 7.53. The van der Waals surface area contributed by atoms with Gasteiger partial charge in [-0.05, 0) is 58.5 Å². The van der Waals surface area contributed by atoms with Crippen LogP contribution in [-0.4, -0.2) is 40.2 Å². The van der Waals surface area contributed by atoms with E-state index in [-0.39, 0.29) is 0 Å². The first-order valence-corrected chi connectivity index (χ1v) is 9.57. The van der Waals surface area contributed by atoms with E-state index in [4.69, 9.17) is 0 Å². The Morgan fingerprint density at radius 1 is 1.16 bits per heavy atom. The lowest BCUT2D eigenvalue weighted by Crippen LogP contribution is -2.33. The molecule has 0 amide bonds. The van der Waals surface area contributed by atoms with Gasteiger partial charge in [0.15, 0.2) is 0 Å². The van der Waals surface area contributed by atoms with Gasteiger partial charge in [-0.3, -0.25) is 9.58 Å². The Kier molecular flexibility index (Phi) is 5.92. The van der Waals surface area contributed by atoms with Crippen molar-refractivity contribution in [3.8, 4) is 0 Å². The van der Waals surface area contributed by atoms with Gasteiger partial charge in [0.2, 0.25) is 0 Å². The third kappa shape index (κ3) is 4.31. The molecule has 1 aromatic carbocycles. The summed E-state index contributed by atoms with van der Waals surface area (Å²) < 4.78 is 2.10. The number of benzene rings is 1. The van der Waals surface area contributed by atoms with Gasteiger partial charge in [-0.2, -0.15) is 5.10 Å². The van der Waals surface area contributed by atoms with E-state index in [2.05, 4.69) is 78.0 Å². The first kappa shape index (κ1) is 18.2. The van der Waals surface area contributed by atoms with Crippen molar-refractivity contribution in [1.82, 2.24) is 19.6 Å². The predicted molar refractivity (Wildman–Crippen MR) is 103 cm³/mol. The molecule has 1 saturated heterocycles. The maximum absolute atomic E-state index is 4.52. The molecule has 136 valence electrons. The molecule has 4 nitrogen and oxygen atoms in total. The van der Waals surface area contributed by atoms with Gasteiger partial charge in [-0.15, -0.1) is 0 Å². The average molecular weight is 341 g/mol. The summed E-state index contributed by atoms with van der Waals surface area (Å²) in [5, 5.41) is 4.52. The van der Waals surface area contributed by atoms with Crippen LogP contribution in [0.1, 0.15) is 54.6 Å². The number of hydrogen-bond donors (Lipinski definition) is 0. The van der Waals surface area contributed by atoms with Crippen LogP contribution >= 0.6 is 0 Å². The van der Waals surface area contributed by atoms with Crippen LogP contribution in [0.5, 0.6) is 0 Å². The Hall–Kier alpha value is -1.65. The zero-order valence-electron chi connectivity index (χ0n) is 16.2. The van der Waals surface area contributed by atoms with Crippen LogP contribution < -0.4 is 0 Å². The number of hydrogen-bond acceptors (Lipinski definition) is 3. The zero-order valence-corrected chi connectivity index (χ0v) is 16.2. The molecule has 0 spiro atoms. The molecular formula is C21H32N4. The molecule has 1 fully saturated rings. The van der Waals surface area contributed by atoms with Crippen molar-refractivity contribution in [2.24, 2.45) is 0 Å². The second kappa shape index (κ2) is 8.15. The van der Waals surface area contributed by atoms with Crippen molar-refractivity contribution >= 4 is 0 Å². The van der Waals surface area contributed by atoms with Crippen LogP contribution in [0.2, 0.25) is 0 Å². The maximum atomic E-state index is 4.52.